The minimum Gasteiger partial charge on any atom is -0.249 e. The first-order chi connectivity index (χ1) is 10.6. The molecule has 0 N–H and O–H groups in total. The predicted molar refractivity (Wildman–Crippen MR) is 101 cm³/mol. The van der Waals surface area contributed by atoms with Crippen molar-refractivity contribution in [2.45, 2.75) is 17.6 Å². The van der Waals surface area contributed by atoms with Crippen LogP contribution < -0.4 is 0 Å². The SMILES string of the molecule is Cc1ccc(S(=O)(=O)N=S(C)(=O)Cc2cc(I)cc(Cl)n2)cc1. The highest BCUT2D eigenvalue weighted by Crippen LogP contribution is 2.18. The number of hydrogen-bond acceptors (Lipinski definition) is 4. The van der Waals surface area contributed by atoms with Gasteiger partial charge in [-0.2, -0.15) is 8.42 Å². The van der Waals surface area contributed by atoms with E-state index >= 15 is 0 Å². The van der Waals surface area contributed by atoms with Crippen molar-refractivity contribution >= 4 is 53.9 Å². The standard InChI is InChI=1S/C14H14ClIN2O3S2/c1-10-3-5-13(6-4-10)23(20,21)18-22(2,19)9-12-7-11(16)8-14(15)17-12/h3-8H,9H2,1-2H3. The maximum absolute atomic E-state index is 12.6. The molecule has 0 fully saturated rings. The van der Waals surface area contributed by atoms with Gasteiger partial charge in [0, 0.05) is 9.83 Å². The summed E-state index contributed by atoms with van der Waals surface area (Å²) in [7, 11) is -7.01. The van der Waals surface area contributed by atoms with Crippen LogP contribution in [-0.2, 0) is 25.5 Å². The molecule has 2 aromatic rings. The smallest absolute Gasteiger partial charge is 0.249 e. The van der Waals surface area contributed by atoms with Crippen LogP contribution in [-0.4, -0.2) is 23.9 Å². The molecule has 1 aromatic carbocycles. The van der Waals surface area contributed by atoms with E-state index in [4.69, 9.17) is 11.6 Å². The van der Waals surface area contributed by atoms with E-state index in [-0.39, 0.29) is 15.8 Å². The largest absolute Gasteiger partial charge is 0.290 e. The molecule has 0 aliphatic rings. The lowest BCUT2D eigenvalue weighted by atomic mass is 10.2. The van der Waals surface area contributed by atoms with Crippen molar-refractivity contribution in [3.63, 3.8) is 0 Å². The van der Waals surface area contributed by atoms with Gasteiger partial charge in [0.25, 0.3) is 10.0 Å². The highest BCUT2D eigenvalue weighted by molar-refractivity contribution is 14.1. The highest BCUT2D eigenvalue weighted by Gasteiger charge is 2.17. The summed E-state index contributed by atoms with van der Waals surface area (Å²) in [5.74, 6) is -0.0886. The van der Waals surface area contributed by atoms with Gasteiger partial charge >= 0.3 is 0 Å². The van der Waals surface area contributed by atoms with Gasteiger partial charge in [0.1, 0.15) is 5.15 Å². The molecular formula is C14H14ClIN2O3S2. The molecule has 0 aliphatic carbocycles. The van der Waals surface area contributed by atoms with Crippen molar-refractivity contribution in [2.24, 2.45) is 3.77 Å². The molecule has 0 aliphatic heterocycles. The second-order valence-electron chi connectivity index (χ2n) is 5.07. The van der Waals surface area contributed by atoms with E-state index in [9.17, 15) is 12.6 Å². The van der Waals surface area contributed by atoms with E-state index in [1.807, 2.05) is 6.92 Å². The Bertz CT molecular complexity index is 930. The Kier molecular flexibility index (Phi) is 5.70. The first-order valence-corrected chi connectivity index (χ1v) is 11.4. The van der Waals surface area contributed by atoms with Crippen LogP contribution in [0.25, 0.3) is 0 Å². The fourth-order valence-corrected chi connectivity index (χ4v) is 6.31. The van der Waals surface area contributed by atoms with E-state index in [1.165, 1.54) is 18.4 Å². The molecule has 0 bridgehead atoms. The number of aromatic nitrogens is 1. The summed E-state index contributed by atoms with van der Waals surface area (Å²) < 4.78 is 41.6. The van der Waals surface area contributed by atoms with Crippen LogP contribution in [0, 0.1) is 10.5 Å². The van der Waals surface area contributed by atoms with E-state index in [0.29, 0.717) is 5.69 Å². The Labute approximate surface area is 154 Å². The predicted octanol–water partition coefficient (Wildman–Crippen LogP) is 3.63. The van der Waals surface area contributed by atoms with Crippen molar-refractivity contribution in [1.29, 1.82) is 0 Å². The van der Waals surface area contributed by atoms with Gasteiger partial charge in [0.2, 0.25) is 0 Å². The minimum atomic E-state index is -3.99. The number of nitrogens with zero attached hydrogens (tertiary/aromatic N) is 2. The fourth-order valence-electron chi connectivity index (χ4n) is 1.85. The summed E-state index contributed by atoms with van der Waals surface area (Å²) >= 11 is 7.92. The van der Waals surface area contributed by atoms with Gasteiger partial charge in [-0.1, -0.05) is 29.3 Å². The summed E-state index contributed by atoms with van der Waals surface area (Å²) in [6.45, 7) is 1.85. The first-order valence-electron chi connectivity index (χ1n) is 6.42. The van der Waals surface area contributed by atoms with Gasteiger partial charge in [-0.3, -0.25) is 0 Å². The van der Waals surface area contributed by atoms with Crippen molar-refractivity contribution < 1.29 is 12.6 Å². The lowest BCUT2D eigenvalue weighted by Crippen LogP contribution is -2.08. The van der Waals surface area contributed by atoms with Crippen LogP contribution in [0.1, 0.15) is 11.3 Å². The molecule has 0 spiro atoms. The Morgan fingerprint density at radius 1 is 1.17 bits per heavy atom. The molecule has 5 nitrogen and oxygen atoms in total. The normalized spacial score (nSPS) is 14.3. The second kappa shape index (κ2) is 7.04. The third-order valence-electron chi connectivity index (χ3n) is 2.80. The number of sulfonamides is 1. The summed E-state index contributed by atoms with van der Waals surface area (Å²) in [6.07, 6.45) is 1.30. The molecule has 0 radical (unpaired) electrons. The molecule has 1 heterocycles. The number of rotatable bonds is 4. The zero-order valence-electron chi connectivity index (χ0n) is 12.4. The van der Waals surface area contributed by atoms with Crippen LogP contribution in [0.4, 0.5) is 0 Å². The van der Waals surface area contributed by atoms with Gasteiger partial charge < -0.3 is 0 Å². The number of aryl methyl sites for hydroxylation is 1. The van der Waals surface area contributed by atoms with E-state index in [0.717, 1.165) is 9.13 Å². The lowest BCUT2D eigenvalue weighted by Gasteiger charge is -2.06. The van der Waals surface area contributed by atoms with Gasteiger partial charge in [-0.25, -0.2) is 9.19 Å². The van der Waals surface area contributed by atoms with Crippen molar-refractivity contribution in [3.05, 3.63) is 56.4 Å². The minimum absolute atomic E-state index is 0.0197. The quantitative estimate of drug-likeness (QED) is 0.490. The summed E-state index contributed by atoms with van der Waals surface area (Å²) in [4.78, 5) is 4.08. The Balaban J connectivity index is 2.39. The number of halogens is 2. The zero-order valence-corrected chi connectivity index (χ0v) is 16.9. The maximum Gasteiger partial charge on any atom is 0.290 e. The van der Waals surface area contributed by atoms with E-state index < -0.39 is 19.8 Å². The molecule has 1 unspecified atom stereocenters. The van der Waals surface area contributed by atoms with Gasteiger partial charge in [0.15, 0.2) is 0 Å². The lowest BCUT2D eigenvalue weighted by molar-refractivity contribution is 0.598. The topological polar surface area (TPSA) is 76.5 Å². The van der Waals surface area contributed by atoms with Crippen LogP contribution >= 0.6 is 34.2 Å². The average Bonchev–Trinajstić information content (AvgIpc) is 2.35. The molecule has 1 aromatic heterocycles. The third-order valence-corrected chi connectivity index (χ3v) is 7.36. The molecule has 1 atom stereocenters. The third kappa shape index (κ3) is 5.40. The van der Waals surface area contributed by atoms with Gasteiger partial charge in [0.05, 0.1) is 26.1 Å². The van der Waals surface area contributed by atoms with Gasteiger partial charge in [-0.15, -0.1) is 3.77 Å². The summed E-state index contributed by atoms with van der Waals surface area (Å²) in [5.41, 5.74) is 1.37. The zero-order chi connectivity index (χ0) is 17.3. The molecule has 0 saturated heterocycles. The molecule has 124 valence electrons. The monoisotopic (exact) mass is 484 g/mol. The molecule has 23 heavy (non-hydrogen) atoms. The van der Waals surface area contributed by atoms with E-state index in [1.54, 1.807) is 24.3 Å². The van der Waals surface area contributed by atoms with Crippen LogP contribution in [0.3, 0.4) is 0 Å². The van der Waals surface area contributed by atoms with Crippen LogP contribution in [0.2, 0.25) is 5.15 Å². The van der Waals surface area contributed by atoms with Crippen molar-refractivity contribution in [3.8, 4) is 0 Å². The summed E-state index contributed by atoms with van der Waals surface area (Å²) in [6, 6.07) is 9.59. The number of hydrogen-bond donors (Lipinski definition) is 0. The fraction of sp³-hybridized carbons (Fsp3) is 0.214. The molecule has 9 heteroatoms. The van der Waals surface area contributed by atoms with Crippen molar-refractivity contribution in [1.82, 2.24) is 4.98 Å². The van der Waals surface area contributed by atoms with Crippen LogP contribution in [0.15, 0.2) is 45.1 Å². The Hall–Kier alpha value is -0.710. The molecule has 2 rings (SSSR count). The molecule has 0 saturated carbocycles. The average molecular weight is 485 g/mol. The second-order valence-corrected chi connectivity index (χ2v) is 10.9. The molecule has 0 amide bonds. The number of pyridine rings is 1. The highest BCUT2D eigenvalue weighted by atomic mass is 127. The maximum atomic E-state index is 12.6. The Morgan fingerprint density at radius 3 is 2.35 bits per heavy atom. The van der Waals surface area contributed by atoms with Gasteiger partial charge in [-0.05, 0) is 53.8 Å². The first kappa shape index (κ1) is 18.6. The van der Waals surface area contributed by atoms with E-state index in [2.05, 4.69) is 31.3 Å². The Morgan fingerprint density at radius 2 is 1.78 bits per heavy atom. The van der Waals surface area contributed by atoms with Crippen LogP contribution in [0.5, 0.6) is 0 Å². The number of benzene rings is 1. The van der Waals surface area contributed by atoms with Crippen molar-refractivity contribution in [2.75, 3.05) is 6.26 Å². The molecular weight excluding hydrogens is 471 g/mol. The summed E-state index contributed by atoms with van der Waals surface area (Å²) in [5, 5.41) is 0.267.